The maximum absolute atomic E-state index is 7.89. The Balaban J connectivity index is 1.06. The van der Waals surface area contributed by atoms with E-state index in [1.54, 1.807) is 12.1 Å². The van der Waals surface area contributed by atoms with Crippen LogP contribution in [0.3, 0.4) is 0 Å². The Hall–Kier alpha value is -8.53. The fourth-order valence-electron chi connectivity index (χ4n) is 8.19. The SMILES string of the molecule is [2H]C([2H])([2H])c1ccc(-c2ccc(-c3ccccc3-c3cc(/C=C\c4ccc(-c5ccccn5)cc4)cc(/C=C\c4ccc(-c5ccccn5)cc4)c3)c(-c3ccc(-c4ccccc4)cc3)c2)nc1. The molecule has 0 spiro atoms. The Morgan fingerprint density at radius 2 is 0.800 bits per heavy atom. The lowest BCUT2D eigenvalue weighted by Gasteiger charge is -2.17. The molecule has 308 valence electrons. The van der Waals surface area contributed by atoms with Crippen molar-refractivity contribution in [3.63, 3.8) is 0 Å². The minimum atomic E-state index is -2.23. The molecule has 3 nitrogen and oxygen atoms in total. The predicted molar refractivity (Wildman–Crippen MR) is 273 cm³/mol. The highest BCUT2D eigenvalue weighted by molar-refractivity contribution is 5.94. The van der Waals surface area contributed by atoms with Crippen LogP contribution in [0.5, 0.6) is 0 Å². The van der Waals surface area contributed by atoms with Gasteiger partial charge in [-0.1, -0.05) is 182 Å². The molecule has 7 aromatic carbocycles. The Kier molecular flexibility index (Phi) is 10.7. The summed E-state index contributed by atoms with van der Waals surface area (Å²) >= 11 is 0. The lowest BCUT2D eigenvalue weighted by atomic mass is 9.87. The van der Waals surface area contributed by atoms with Gasteiger partial charge in [-0.2, -0.15) is 0 Å². The lowest BCUT2D eigenvalue weighted by molar-refractivity contribution is 1.27. The summed E-state index contributed by atoms with van der Waals surface area (Å²) in [6.45, 7) is -2.23. The topological polar surface area (TPSA) is 38.7 Å². The highest BCUT2D eigenvalue weighted by Crippen LogP contribution is 2.41. The number of aromatic nitrogens is 3. The molecule has 0 radical (unpaired) electrons. The molecule has 0 aliphatic rings. The molecule has 0 fully saturated rings. The van der Waals surface area contributed by atoms with Gasteiger partial charge in [-0.05, 0) is 134 Å². The first-order valence-electron chi connectivity index (χ1n) is 23.2. The predicted octanol–water partition coefficient (Wildman–Crippen LogP) is 16.2. The summed E-state index contributed by atoms with van der Waals surface area (Å²) in [5.74, 6) is 0. The number of aryl methyl sites for hydroxylation is 1. The van der Waals surface area contributed by atoms with Gasteiger partial charge >= 0.3 is 0 Å². The van der Waals surface area contributed by atoms with Crippen molar-refractivity contribution in [2.24, 2.45) is 0 Å². The second kappa shape index (κ2) is 18.8. The summed E-state index contributed by atoms with van der Waals surface area (Å²) in [7, 11) is 0. The maximum Gasteiger partial charge on any atom is 0.0702 e. The van der Waals surface area contributed by atoms with Gasteiger partial charge < -0.3 is 0 Å². The minimum Gasteiger partial charge on any atom is -0.256 e. The largest absolute Gasteiger partial charge is 0.256 e. The van der Waals surface area contributed by atoms with Gasteiger partial charge in [-0.15, -0.1) is 0 Å². The van der Waals surface area contributed by atoms with Gasteiger partial charge in [0.15, 0.2) is 0 Å². The summed E-state index contributed by atoms with van der Waals surface area (Å²) in [4.78, 5) is 13.7. The molecule has 0 bridgehead atoms. The second-order valence-corrected chi connectivity index (χ2v) is 15.9. The number of hydrogen-bond acceptors (Lipinski definition) is 3. The summed E-state index contributed by atoms with van der Waals surface area (Å²) in [5, 5.41) is 0. The number of pyridine rings is 3. The van der Waals surface area contributed by atoms with Crippen LogP contribution in [0.2, 0.25) is 0 Å². The van der Waals surface area contributed by atoms with E-state index in [1.165, 1.54) is 6.20 Å². The first kappa shape index (κ1) is 37.1. The Bertz CT molecular complexity index is 3250. The van der Waals surface area contributed by atoms with Gasteiger partial charge in [0.05, 0.1) is 17.1 Å². The third-order valence-corrected chi connectivity index (χ3v) is 11.6. The van der Waals surface area contributed by atoms with Crippen molar-refractivity contribution < 1.29 is 4.11 Å². The first-order chi connectivity index (χ1) is 33.3. The molecule has 3 heterocycles. The average molecular weight is 835 g/mol. The maximum atomic E-state index is 7.89. The van der Waals surface area contributed by atoms with Crippen LogP contribution in [0.1, 0.15) is 31.9 Å². The Labute approximate surface area is 385 Å². The molecule has 0 aliphatic carbocycles. The van der Waals surface area contributed by atoms with Gasteiger partial charge in [0.1, 0.15) is 0 Å². The lowest BCUT2D eigenvalue weighted by Crippen LogP contribution is -1.92. The molecular weight excluding hydrogens is 787 g/mol. The van der Waals surface area contributed by atoms with E-state index < -0.39 is 6.85 Å². The molecule has 0 saturated heterocycles. The smallest absolute Gasteiger partial charge is 0.0702 e. The van der Waals surface area contributed by atoms with E-state index in [4.69, 9.17) is 4.11 Å². The highest BCUT2D eigenvalue weighted by Gasteiger charge is 2.16. The molecular formula is C62H45N3. The first-order valence-corrected chi connectivity index (χ1v) is 21.7. The molecule has 3 heteroatoms. The van der Waals surface area contributed by atoms with Crippen molar-refractivity contribution in [1.29, 1.82) is 0 Å². The molecule has 3 aromatic heterocycles. The fourth-order valence-corrected chi connectivity index (χ4v) is 8.19. The van der Waals surface area contributed by atoms with Crippen molar-refractivity contribution in [2.45, 2.75) is 6.85 Å². The van der Waals surface area contributed by atoms with E-state index in [0.29, 0.717) is 5.69 Å². The van der Waals surface area contributed by atoms with Crippen molar-refractivity contribution in [3.05, 3.63) is 259 Å². The third kappa shape index (κ3) is 9.46. The van der Waals surface area contributed by atoms with Gasteiger partial charge in [0, 0.05) is 39.4 Å². The van der Waals surface area contributed by atoms with E-state index in [9.17, 15) is 0 Å². The molecule has 10 rings (SSSR count). The van der Waals surface area contributed by atoms with Crippen molar-refractivity contribution in [3.8, 4) is 78.3 Å². The van der Waals surface area contributed by atoms with Gasteiger partial charge in [-0.3, -0.25) is 15.0 Å². The quantitative estimate of drug-likeness (QED) is 0.122. The van der Waals surface area contributed by atoms with Crippen molar-refractivity contribution >= 4 is 24.3 Å². The zero-order valence-electron chi connectivity index (χ0n) is 38.6. The van der Waals surface area contributed by atoms with Crippen LogP contribution in [-0.2, 0) is 0 Å². The third-order valence-electron chi connectivity index (χ3n) is 11.6. The Morgan fingerprint density at radius 3 is 1.37 bits per heavy atom. The monoisotopic (exact) mass is 834 g/mol. The molecule has 0 amide bonds. The summed E-state index contributed by atoms with van der Waals surface area (Å²) in [5.41, 5.74) is 18.8. The molecule has 10 aromatic rings. The van der Waals surface area contributed by atoms with Crippen LogP contribution in [-0.4, -0.2) is 15.0 Å². The summed E-state index contributed by atoms with van der Waals surface area (Å²) in [6, 6.07) is 73.2. The number of nitrogens with zero attached hydrogens (tertiary/aromatic N) is 3. The van der Waals surface area contributed by atoms with Crippen LogP contribution in [0.25, 0.3) is 103 Å². The van der Waals surface area contributed by atoms with Gasteiger partial charge in [0.2, 0.25) is 0 Å². The minimum absolute atomic E-state index is 0.215. The van der Waals surface area contributed by atoms with Crippen LogP contribution < -0.4 is 0 Å². The zero-order valence-corrected chi connectivity index (χ0v) is 35.6. The Morgan fingerprint density at radius 1 is 0.308 bits per heavy atom. The van der Waals surface area contributed by atoms with Gasteiger partial charge in [-0.25, -0.2) is 0 Å². The second-order valence-electron chi connectivity index (χ2n) is 15.9. The number of benzene rings is 7. The van der Waals surface area contributed by atoms with E-state index >= 15 is 0 Å². The standard InChI is InChI=1S/C62H45N3/c1-44-17-36-62(65-43-44)54-34-35-58(59(42-54)51-32-30-50(31-33-51)49-11-3-2-4-12-49)57-14-6-5-13-56(57)55-40-47(20-18-45-22-26-52(27-23-45)60-15-7-9-37-63-60)39-48(41-55)21-19-46-24-28-53(29-25-46)61-16-8-10-38-64-61/h2-43H,1H3/b20-18-,21-19-/i1D3. The molecule has 0 saturated carbocycles. The van der Waals surface area contributed by atoms with Crippen LogP contribution in [0.15, 0.2) is 231 Å². The summed E-state index contributed by atoms with van der Waals surface area (Å²) in [6.07, 6.45) is 13.8. The normalized spacial score (nSPS) is 12.2. The molecule has 0 aliphatic heterocycles. The number of hydrogen-bond donors (Lipinski definition) is 0. The van der Waals surface area contributed by atoms with E-state index in [-0.39, 0.29) is 5.56 Å². The van der Waals surface area contributed by atoms with E-state index in [2.05, 4.69) is 197 Å². The molecule has 0 N–H and O–H groups in total. The van der Waals surface area contributed by atoms with Crippen molar-refractivity contribution in [2.75, 3.05) is 0 Å². The van der Waals surface area contributed by atoms with E-state index in [1.807, 2.05) is 54.9 Å². The van der Waals surface area contributed by atoms with Crippen LogP contribution in [0.4, 0.5) is 0 Å². The zero-order chi connectivity index (χ0) is 46.3. The van der Waals surface area contributed by atoms with E-state index in [0.717, 1.165) is 94.8 Å². The average Bonchev–Trinajstić information content (AvgIpc) is 3.40. The van der Waals surface area contributed by atoms with Crippen LogP contribution >= 0.6 is 0 Å². The van der Waals surface area contributed by atoms with Crippen LogP contribution in [0, 0.1) is 6.85 Å². The molecule has 65 heavy (non-hydrogen) atoms. The fraction of sp³-hybridized carbons (Fsp3) is 0.0161. The van der Waals surface area contributed by atoms with Gasteiger partial charge in [0.25, 0.3) is 0 Å². The van der Waals surface area contributed by atoms with Crippen molar-refractivity contribution in [1.82, 2.24) is 15.0 Å². The molecule has 0 atom stereocenters. The summed E-state index contributed by atoms with van der Waals surface area (Å²) < 4.78 is 23.7. The number of rotatable bonds is 11. The highest BCUT2D eigenvalue weighted by atomic mass is 14.7. The molecule has 0 unspecified atom stereocenters.